The summed E-state index contributed by atoms with van der Waals surface area (Å²) < 4.78 is 11.2. The quantitative estimate of drug-likeness (QED) is 0.887. The first-order valence-electron chi connectivity index (χ1n) is 6.53. The van der Waals surface area contributed by atoms with E-state index < -0.39 is 5.60 Å². The van der Waals surface area contributed by atoms with Crippen LogP contribution < -0.4 is 9.47 Å². The van der Waals surface area contributed by atoms with Gasteiger partial charge in [0, 0.05) is 6.20 Å². The van der Waals surface area contributed by atoms with Gasteiger partial charge in [0.25, 0.3) is 0 Å². The molecule has 0 atom stereocenters. The molecule has 2 rings (SSSR count). The van der Waals surface area contributed by atoms with Gasteiger partial charge in [-0.2, -0.15) is 0 Å². The lowest BCUT2D eigenvalue weighted by Crippen LogP contribution is -2.12. The highest BCUT2D eigenvalue weighted by Gasteiger charge is 2.19. The Morgan fingerprint density at radius 1 is 1.20 bits per heavy atom. The van der Waals surface area contributed by atoms with E-state index in [0.29, 0.717) is 19.0 Å². The monoisotopic (exact) mass is 293 g/mol. The van der Waals surface area contributed by atoms with Gasteiger partial charge < -0.3 is 14.6 Å². The molecule has 20 heavy (non-hydrogen) atoms. The van der Waals surface area contributed by atoms with Crippen LogP contribution in [0.4, 0.5) is 0 Å². The van der Waals surface area contributed by atoms with E-state index in [0.717, 1.165) is 15.6 Å². The number of thiazole rings is 1. The number of aromatic nitrogens is 1. The van der Waals surface area contributed by atoms with Crippen LogP contribution in [0, 0.1) is 0 Å². The second kappa shape index (κ2) is 6.24. The summed E-state index contributed by atoms with van der Waals surface area (Å²) in [6.07, 6.45) is 1.69. The Labute approximate surface area is 123 Å². The molecule has 0 bridgehead atoms. The van der Waals surface area contributed by atoms with Crippen molar-refractivity contribution in [3.63, 3.8) is 0 Å². The predicted octanol–water partition coefficient (Wildman–Crippen LogP) is 3.35. The third kappa shape index (κ3) is 3.71. The van der Waals surface area contributed by atoms with Crippen LogP contribution in [0.15, 0.2) is 30.5 Å². The number of ether oxygens (including phenoxy) is 2. The Morgan fingerprint density at radius 3 is 2.40 bits per heavy atom. The number of rotatable bonds is 6. The summed E-state index contributed by atoms with van der Waals surface area (Å²) in [5.74, 6) is 1.43. The molecule has 0 radical (unpaired) electrons. The number of aliphatic hydroxyl groups is 1. The largest absolute Gasteiger partial charge is 0.490 e. The third-order valence-electron chi connectivity index (χ3n) is 2.66. The molecule has 0 aliphatic carbocycles. The Balaban J connectivity index is 2.04. The summed E-state index contributed by atoms with van der Waals surface area (Å²) >= 11 is 1.45. The summed E-state index contributed by atoms with van der Waals surface area (Å²) in [5, 5.41) is 10.7. The second-order valence-corrected chi connectivity index (χ2v) is 5.96. The molecule has 1 aromatic heterocycles. The van der Waals surface area contributed by atoms with Crippen molar-refractivity contribution in [1.82, 2.24) is 4.98 Å². The van der Waals surface area contributed by atoms with Gasteiger partial charge in [-0.1, -0.05) is 12.1 Å². The minimum Gasteiger partial charge on any atom is -0.490 e. The molecule has 1 heterocycles. The Hall–Kier alpha value is -1.59. The van der Waals surface area contributed by atoms with Gasteiger partial charge in [0.15, 0.2) is 11.5 Å². The molecule has 0 aliphatic heterocycles. The van der Waals surface area contributed by atoms with E-state index in [4.69, 9.17) is 9.47 Å². The van der Waals surface area contributed by atoms with Crippen LogP contribution in [0.3, 0.4) is 0 Å². The first-order chi connectivity index (χ1) is 9.50. The van der Waals surface area contributed by atoms with Gasteiger partial charge in [0.1, 0.15) is 11.6 Å². The normalized spacial score (nSPS) is 11.4. The smallest absolute Gasteiger partial charge is 0.161 e. The van der Waals surface area contributed by atoms with Crippen molar-refractivity contribution >= 4 is 11.3 Å². The van der Waals surface area contributed by atoms with E-state index in [-0.39, 0.29) is 0 Å². The highest BCUT2D eigenvalue weighted by atomic mass is 32.1. The molecular formula is C15H19NO3S. The maximum atomic E-state index is 9.91. The van der Waals surface area contributed by atoms with E-state index in [1.807, 2.05) is 31.2 Å². The van der Waals surface area contributed by atoms with Gasteiger partial charge in [-0.05, 0) is 32.9 Å². The topological polar surface area (TPSA) is 51.6 Å². The number of para-hydroxylation sites is 2. The molecule has 0 saturated carbocycles. The molecule has 1 N–H and O–H groups in total. The molecule has 0 aliphatic rings. The summed E-state index contributed by atoms with van der Waals surface area (Å²) in [5.41, 5.74) is -0.862. The molecule has 108 valence electrons. The van der Waals surface area contributed by atoms with Crippen molar-refractivity contribution in [2.45, 2.75) is 33.0 Å². The molecule has 0 saturated heterocycles. The molecule has 2 aromatic rings. The maximum absolute atomic E-state index is 9.91. The van der Waals surface area contributed by atoms with Crippen LogP contribution in [0.5, 0.6) is 11.5 Å². The molecule has 1 aromatic carbocycles. The summed E-state index contributed by atoms with van der Waals surface area (Å²) in [7, 11) is 0. The Bertz CT molecular complexity index is 560. The fraction of sp³-hybridized carbons (Fsp3) is 0.400. The highest BCUT2D eigenvalue weighted by Crippen LogP contribution is 2.29. The fourth-order valence-electron chi connectivity index (χ4n) is 1.64. The number of hydrogen-bond acceptors (Lipinski definition) is 5. The van der Waals surface area contributed by atoms with Crippen molar-refractivity contribution in [1.29, 1.82) is 0 Å². The van der Waals surface area contributed by atoms with Crippen LogP contribution in [0.2, 0.25) is 0 Å². The lowest BCUT2D eigenvalue weighted by Gasteiger charge is -2.13. The summed E-state index contributed by atoms with van der Waals surface area (Å²) in [6.45, 7) is 6.39. The van der Waals surface area contributed by atoms with Crippen molar-refractivity contribution in [2.75, 3.05) is 6.61 Å². The van der Waals surface area contributed by atoms with Gasteiger partial charge in [0.05, 0.1) is 17.1 Å². The average Bonchev–Trinajstić information content (AvgIpc) is 2.87. The number of nitrogens with zero attached hydrogens (tertiary/aromatic N) is 1. The molecule has 0 fully saturated rings. The first kappa shape index (κ1) is 14.8. The van der Waals surface area contributed by atoms with Crippen LogP contribution in [0.1, 0.15) is 30.7 Å². The van der Waals surface area contributed by atoms with Gasteiger partial charge in [-0.15, -0.1) is 11.3 Å². The van der Waals surface area contributed by atoms with E-state index in [2.05, 4.69) is 4.98 Å². The van der Waals surface area contributed by atoms with E-state index >= 15 is 0 Å². The standard InChI is InChI=1S/C15H19NO3S/c1-4-18-11-7-5-6-8-12(11)19-10-14-16-9-13(20-14)15(2,3)17/h5-9,17H,4,10H2,1-3H3. The molecule has 0 spiro atoms. The van der Waals surface area contributed by atoms with Crippen molar-refractivity contribution in [3.8, 4) is 11.5 Å². The van der Waals surface area contributed by atoms with E-state index in [1.54, 1.807) is 20.0 Å². The van der Waals surface area contributed by atoms with Crippen molar-refractivity contribution in [3.05, 3.63) is 40.3 Å². The average molecular weight is 293 g/mol. The Kier molecular flexibility index (Phi) is 4.62. The minimum atomic E-state index is -0.862. The van der Waals surface area contributed by atoms with Crippen molar-refractivity contribution in [2.24, 2.45) is 0 Å². The van der Waals surface area contributed by atoms with Crippen LogP contribution >= 0.6 is 11.3 Å². The summed E-state index contributed by atoms with van der Waals surface area (Å²) in [6, 6.07) is 7.56. The molecule has 4 nitrogen and oxygen atoms in total. The number of hydrogen-bond donors (Lipinski definition) is 1. The minimum absolute atomic E-state index is 0.366. The second-order valence-electron chi connectivity index (χ2n) is 4.85. The first-order valence-corrected chi connectivity index (χ1v) is 7.34. The highest BCUT2D eigenvalue weighted by molar-refractivity contribution is 7.11. The zero-order valence-corrected chi connectivity index (χ0v) is 12.7. The third-order valence-corrected chi connectivity index (χ3v) is 3.94. The fourth-order valence-corrected chi connectivity index (χ4v) is 2.48. The molecule has 0 unspecified atom stereocenters. The maximum Gasteiger partial charge on any atom is 0.161 e. The van der Waals surface area contributed by atoms with Crippen LogP contribution in [0.25, 0.3) is 0 Å². The molecular weight excluding hydrogens is 274 g/mol. The van der Waals surface area contributed by atoms with Crippen LogP contribution in [-0.2, 0) is 12.2 Å². The lowest BCUT2D eigenvalue weighted by molar-refractivity contribution is 0.0823. The number of benzene rings is 1. The van der Waals surface area contributed by atoms with Crippen molar-refractivity contribution < 1.29 is 14.6 Å². The summed E-state index contributed by atoms with van der Waals surface area (Å²) in [4.78, 5) is 5.09. The Morgan fingerprint density at radius 2 is 1.85 bits per heavy atom. The SMILES string of the molecule is CCOc1ccccc1OCc1ncc(C(C)(C)O)s1. The van der Waals surface area contributed by atoms with Gasteiger partial charge in [-0.25, -0.2) is 4.98 Å². The van der Waals surface area contributed by atoms with Gasteiger partial charge >= 0.3 is 0 Å². The van der Waals surface area contributed by atoms with E-state index in [9.17, 15) is 5.11 Å². The van der Waals surface area contributed by atoms with Gasteiger partial charge in [0.2, 0.25) is 0 Å². The van der Waals surface area contributed by atoms with Crippen LogP contribution in [-0.4, -0.2) is 16.7 Å². The zero-order valence-electron chi connectivity index (χ0n) is 11.9. The van der Waals surface area contributed by atoms with E-state index in [1.165, 1.54) is 11.3 Å². The zero-order chi connectivity index (χ0) is 14.6. The lowest BCUT2D eigenvalue weighted by atomic mass is 10.1. The molecule has 0 amide bonds. The predicted molar refractivity (Wildman–Crippen MR) is 79.3 cm³/mol. The molecule has 5 heteroatoms. The van der Waals surface area contributed by atoms with Gasteiger partial charge in [-0.3, -0.25) is 0 Å².